The van der Waals surface area contributed by atoms with Gasteiger partial charge in [0.05, 0.1) is 5.92 Å². The number of aromatic nitrogens is 1. The van der Waals surface area contributed by atoms with E-state index in [9.17, 15) is 4.79 Å². The number of carbonyl (C=O) groups excluding carboxylic acids is 1. The molecule has 1 saturated carbocycles. The second kappa shape index (κ2) is 6.83. The molecule has 2 aliphatic rings. The Bertz CT molecular complexity index is 556. The molecule has 0 radical (unpaired) electrons. The van der Waals surface area contributed by atoms with Crippen LogP contribution in [-0.4, -0.2) is 52.8 Å². The molecular formula is C16H22Cl2N4O. The first-order chi connectivity index (χ1) is 11.0. The number of alkyl halides is 2. The maximum Gasteiger partial charge on any atom is 0.226 e. The molecule has 5 nitrogen and oxygen atoms in total. The highest BCUT2D eigenvalue weighted by molar-refractivity contribution is 6.52. The number of pyridine rings is 1. The number of halogens is 2. The van der Waals surface area contributed by atoms with Gasteiger partial charge >= 0.3 is 0 Å². The van der Waals surface area contributed by atoms with Crippen LogP contribution in [0.15, 0.2) is 18.3 Å². The molecule has 7 heteroatoms. The average molecular weight is 357 g/mol. The van der Waals surface area contributed by atoms with Gasteiger partial charge in [-0.3, -0.25) is 4.79 Å². The highest BCUT2D eigenvalue weighted by atomic mass is 35.5. The van der Waals surface area contributed by atoms with E-state index >= 15 is 0 Å². The normalized spacial score (nSPS) is 23.6. The molecule has 0 bridgehead atoms. The average Bonchev–Trinajstić information content (AvgIpc) is 3.22. The first-order valence-corrected chi connectivity index (χ1v) is 8.83. The van der Waals surface area contributed by atoms with Crippen LogP contribution in [0.3, 0.4) is 0 Å². The highest BCUT2D eigenvalue weighted by Crippen LogP contribution is 2.53. The molecule has 2 fully saturated rings. The van der Waals surface area contributed by atoms with Crippen molar-refractivity contribution in [1.82, 2.24) is 15.2 Å². The summed E-state index contributed by atoms with van der Waals surface area (Å²) in [5.41, 5.74) is 0.977. The van der Waals surface area contributed by atoms with Crippen LogP contribution < -0.4 is 10.2 Å². The lowest BCUT2D eigenvalue weighted by Gasteiger charge is -2.34. The predicted molar refractivity (Wildman–Crippen MR) is 93.0 cm³/mol. The van der Waals surface area contributed by atoms with Gasteiger partial charge in [-0.1, -0.05) is 13.0 Å². The number of carbonyl (C=O) groups is 1. The largest absolute Gasteiger partial charge is 0.354 e. The van der Waals surface area contributed by atoms with Crippen molar-refractivity contribution in [2.45, 2.75) is 24.2 Å². The minimum Gasteiger partial charge on any atom is -0.354 e. The summed E-state index contributed by atoms with van der Waals surface area (Å²) in [7, 11) is 0. The molecule has 1 aromatic heterocycles. The van der Waals surface area contributed by atoms with Gasteiger partial charge in [-0.05, 0) is 24.6 Å². The van der Waals surface area contributed by atoms with Crippen molar-refractivity contribution in [3.63, 3.8) is 0 Å². The van der Waals surface area contributed by atoms with Crippen LogP contribution in [-0.2, 0) is 11.3 Å². The van der Waals surface area contributed by atoms with Crippen molar-refractivity contribution < 1.29 is 4.79 Å². The Kier molecular flexibility index (Phi) is 4.99. The Morgan fingerprint density at radius 2 is 2.04 bits per heavy atom. The fourth-order valence-electron chi connectivity index (χ4n) is 2.81. The fourth-order valence-corrected chi connectivity index (χ4v) is 3.32. The number of nitrogens with zero attached hydrogens (tertiary/aromatic N) is 3. The number of hydrogen-bond acceptors (Lipinski definition) is 4. The molecule has 1 aliphatic heterocycles. The van der Waals surface area contributed by atoms with Gasteiger partial charge < -0.3 is 15.1 Å². The summed E-state index contributed by atoms with van der Waals surface area (Å²) >= 11 is 11.8. The third-order valence-electron chi connectivity index (χ3n) is 4.56. The van der Waals surface area contributed by atoms with E-state index in [0.29, 0.717) is 13.0 Å². The van der Waals surface area contributed by atoms with Gasteiger partial charge in [0.15, 0.2) is 0 Å². The van der Waals surface area contributed by atoms with Crippen LogP contribution in [0.4, 0.5) is 5.82 Å². The molecular weight excluding hydrogens is 335 g/mol. The van der Waals surface area contributed by atoms with Crippen LogP contribution in [0.2, 0.25) is 0 Å². The quantitative estimate of drug-likeness (QED) is 0.820. The number of rotatable bonds is 5. The lowest BCUT2D eigenvalue weighted by molar-refractivity contribution is -0.122. The van der Waals surface area contributed by atoms with E-state index in [1.807, 2.05) is 18.3 Å². The summed E-state index contributed by atoms with van der Waals surface area (Å²) in [4.78, 5) is 21.1. The molecule has 2 heterocycles. The zero-order valence-corrected chi connectivity index (χ0v) is 14.8. The summed E-state index contributed by atoms with van der Waals surface area (Å²) in [6, 6.07) is 4.03. The maximum atomic E-state index is 11.9. The molecule has 1 atom stereocenters. The van der Waals surface area contributed by atoms with Crippen LogP contribution >= 0.6 is 23.2 Å². The molecule has 3 rings (SSSR count). The number of anilines is 1. The van der Waals surface area contributed by atoms with Gasteiger partial charge in [0.2, 0.25) is 5.91 Å². The molecule has 1 N–H and O–H groups in total. The Labute approximate surface area is 146 Å². The van der Waals surface area contributed by atoms with E-state index in [1.54, 1.807) is 0 Å². The Morgan fingerprint density at radius 3 is 2.57 bits per heavy atom. The van der Waals surface area contributed by atoms with Gasteiger partial charge in [-0.15, -0.1) is 23.2 Å². The monoisotopic (exact) mass is 356 g/mol. The zero-order valence-electron chi connectivity index (χ0n) is 13.3. The fraction of sp³-hybridized carbons (Fsp3) is 0.625. The SMILES string of the molecule is CCN1CCN(c2ccc(CNC(=O)C3CC3(Cl)Cl)cn2)CC1. The van der Waals surface area contributed by atoms with Crippen LogP contribution in [0.25, 0.3) is 0 Å². The molecule has 1 aromatic rings. The van der Waals surface area contributed by atoms with Gasteiger partial charge in [0, 0.05) is 38.9 Å². The Morgan fingerprint density at radius 1 is 1.35 bits per heavy atom. The van der Waals surface area contributed by atoms with Gasteiger partial charge in [0.25, 0.3) is 0 Å². The van der Waals surface area contributed by atoms with Crippen LogP contribution in [0.5, 0.6) is 0 Å². The number of amides is 1. The minimum atomic E-state index is -0.868. The number of piperazine rings is 1. The Balaban J connectivity index is 1.49. The summed E-state index contributed by atoms with van der Waals surface area (Å²) in [6.45, 7) is 7.92. The molecule has 1 saturated heterocycles. The third kappa shape index (κ3) is 4.08. The minimum absolute atomic E-state index is 0.0882. The van der Waals surface area contributed by atoms with E-state index < -0.39 is 4.33 Å². The van der Waals surface area contributed by atoms with E-state index in [0.717, 1.165) is 44.1 Å². The van der Waals surface area contributed by atoms with E-state index in [2.05, 4.69) is 27.0 Å². The van der Waals surface area contributed by atoms with Gasteiger partial charge in [-0.2, -0.15) is 0 Å². The van der Waals surface area contributed by atoms with Crippen molar-refractivity contribution in [2.75, 3.05) is 37.6 Å². The third-order valence-corrected chi connectivity index (χ3v) is 5.40. The molecule has 126 valence electrons. The van der Waals surface area contributed by atoms with Crippen molar-refractivity contribution in [2.24, 2.45) is 5.92 Å². The van der Waals surface area contributed by atoms with Gasteiger partial charge in [0.1, 0.15) is 10.2 Å². The number of hydrogen-bond donors (Lipinski definition) is 1. The van der Waals surface area contributed by atoms with Crippen LogP contribution in [0, 0.1) is 5.92 Å². The molecule has 23 heavy (non-hydrogen) atoms. The van der Waals surface area contributed by atoms with E-state index in [4.69, 9.17) is 23.2 Å². The van der Waals surface area contributed by atoms with Gasteiger partial charge in [-0.25, -0.2) is 4.98 Å². The first kappa shape index (κ1) is 16.8. The number of likely N-dealkylation sites (N-methyl/N-ethyl adjacent to an activating group) is 1. The smallest absolute Gasteiger partial charge is 0.226 e. The summed E-state index contributed by atoms with van der Waals surface area (Å²) in [6.07, 6.45) is 2.35. The van der Waals surface area contributed by atoms with Crippen molar-refractivity contribution in [3.8, 4) is 0 Å². The van der Waals surface area contributed by atoms with Crippen LogP contribution in [0.1, 0.15) is 18.9 Å². The lowest BCUT2D eigenvalue weighted by atomic mass is 10.2. The predicted octanol–water partition coefficient (Wildman–Crippen LogP) is 2.03. The topological polar surface area (TPSA) is 48.5 Å². The summed E-state index contributed by atoms with van der Waals surface area (Å²) < 4.78 is -0.868. The van der Waals surface area contributed by atoms with Crippen molar-refractivity contribution in [1.29, 1.82) is 0 Å². The first-order valence-electron chi connectivity index (χ1n) is 8.07. The summed E-state index contributed by atoms with van der Waals surface area (Å²) in [5, 5.41) is 2.86. The van der Waals surface area contributed by atoms with E-state index in [-0.39, 0.29) is 11.8 Å². The Hall–Kier alpha value is -1.04. The molecule has 1 aliphatic carbocycles. The lowest BCUT2D eigenvalue weighted by Crippen LogP contribution is -2.46. The maximum absolute atomic E-state index is 11.9. The summed E-state index contributed by atoms with van der Waals surface area (Å²) in [5.74, 6) is 0.626. The molecule has 1 unspecified atom stereocenters. The standard InChI is InChI=1S/C16H22Cl2N4O/c1-2-21-5-7-22(8-6-21)14-4-3-12(10-19-14)11-20-15(23)13-9-16(13,17)18/h3-4,10,13H,2,5-9,11H2,1H3,(H,20,23). The van der Waals surface area contributed by atoms with Crippen molar-refractivity contribution >= 4 is 34.9 Å². The second-order valence-electron chi connectivity index (χ2n) is 6.18. The molecule has 0 spiro atoms. The zero-order chi connectivity index (χ0) is 16.4. The van der Waals surface area contributed by atoms with E-state index in [1.165, 1.54) is 0 Å². The highest BCUT2D eigenvalue weighted by Gasteiger charge is 2.56. The van der Waals surface area contributed by atoms with Crippen molar-refractivity contribution in [3.05, 3.63) is 23.9 Å². The second-order valence-corrected chi connectivity index (χ2v) is 7.72. The number of nitrogens with one attached hydrogen (secondary N) is 1. The molecule has 0 aromatic carbocycles. The molecule has 1 amide bonds.